The van der Waals surface area contributed by atoms with Gasteiger partial charge in [-0.25, -0.2) is 12.7 Å². The number of carbonyl (C=O) groups excluding carboxylic acids is 1. The van der Waals surface area contributed by atoms with Crippen LogP contribution < -0.4 is 14.8 Å². The molecule has 0 saturated carbocycles. The van der Waals surface area contributed by atoms with Crippen molar-refractivity contribution in [2.45, 2.75) is 25.7 Å². The molecule has 0 radical (unpaired) electrons. The number of hydrogen-bond donors (Lipinski definition) is 1. The number of rotatable bonds is 9. The number of benzene rings is 2. The van der Waals surface area contributed by atoms with Gasteiger partial charge >= 0.3 is 0 Å². The van der Waals surface area contributed by atoms with Crippen LogP contribution in [0.15, 0.2) is 48.5 Å². The number of nitrogens with one attached hydrogen (secondary N) is 1. The van der Waals surface area contributed by atoms with Crippen LogP contribution in [0.1, 0.15) is 24.8 Å². The summed E-state index contributed by atoms with van der Waals surface area (Å²) >= 11 is 0. The predicted molar refractivity (Wildman–Crippen MR) is 121 cm³/mol. The maximum atomic E-state index is 12.7. The number of nitrogens with zero attached hydrogens (tertiary/aromatic N) is 1. The number of hydrogen-bond acceptors (Lipinski definition) is 5. The summed E-state index contributed by atoms with van der Waals surface area (Å²) in [6.45, 7) is 0.724. The fourth-order valence-electron chi connectivity index (χ4n) is 3.78. The minimum absolute atomic E-state index is 0.125. The first-order chi connectivity index (χ1) is 14.9. The Balaban J connectivity index is 1.51. The van der Waals surface area contributed by atoms with E-state index in [1.165, 1.54) is 4.31 Å². The van der Waals surface area contributed by atoms with E-state index in [4.69, 9.17) is 9.47 Å². The maximum absolute atomic E-state index is 12.7. The molecule has 3 rings (SSSR count). The lowest BCUT2D eigenvalue weighted by atomic mass is 9.97. The molecular weight excluding hydrogens is 416 g/mol. The van der Waals surface area contributed by atoms with Gasteiger partial charge in [-0.1, -0.05) is 30.3 Å². The third-order valence-electron chi connectivity index (χ3n) is 5.59. The first kappa shape index (κ1) is 23.1. The van der Waals surface area contributed by atoms with Crippen molar-refractivity contribution >= 4 is 21.6 Å². The van der Waals surface area contributed by atoms with Crippen LogP contribution in [0.2, 0.25) is 0 Å². The predicted octanol–water partition coefficient (Wildman–Crippen LogP) is 3.32. The van der Waals surface area contributed by atoms with Crippen LogP contribution in [-0.4, -0.2) is 51.7 Å². The molecule has 1 amide bonds. The third-order valence-corrected chi connectivity index (χ3v) is 7.55. The number of carbonyl (C=O) groups is 1. The van der Waals surface area contributed by atoms with Crippen LogP contribution in [0.3, 0.4) is 0 Å². The Bertz CT molecular complexity index is 971. The molecule has 0 atom stereocenters. The Hall–Kier alpha value is -2.58. The second-order valence-electron chi connectivity index (χ2n) is 7.63. The van der Waals surface area contributed by atoms with Gasteiger partial charge < -0.3 is 14.8 Å². The molecule has 0 bridgehead atoms. The number of piperidine rings is 1. The highest BCUT2D eigenvalue weighted by Crippen LogP contribution is 2.30. The number of methoxy groups -OCH3 is 2. The average Bonchev–Trinajstić information content (AvgIpc) is 2.79. The fraction of sp³-hybridized carbons (Fsp3) is 0.435. The summed E-state index contributed by atoms with van der Waals surface area (Å²) in [6, 6.07) is 15.1. The van der Waals surface area contributed by atoms with Gasteiger partial charge in [-0.3, -0.25) is 4.79 Å². The molecular formula is C23H30N2O5S. The second kappa shape index (κ2) is 10.6. The van der Waals surface area contributed by atoms with Crippen LogP contribution in [-0.2, 0) is 21.2 Å². The van der Waals surface area contributed by atoms with E-state index in [1.54, 1.807) is 32.4 Å². The number of anilines is 1. The van der Waals surface area contributed by atoms with Gasteiger partial charge in [0.15, 0.2) is 0 Å². The summed E-state index contributed by atoms with van der Waals surface area (Å²) in [5, 5.41) is 2.90. The number of amides is 1. The first-order valence-electron chi connectivity index (χ1n) is 10.5. The molecule has 1 aliphatic rings. The first-order valence-corrected chi connectivity index (χ1v) is 12.1. The van der Waals surface area contributed by atoms with E-state index in [0.717, 1.165) is 12.0 Å². The zero-order valence-corrected chi connectivity index (χ0v) is 18.9. The molecule has 2 aromatic rings. The summed E-state index contributed by atoms with van der Waals surface area (Å²) in [7, 11) is -0.217. The van der Waals surface area contributed by atoms with Gasteiger partial charge in [-0.2, -0.15) is 0 Å². The minimum Gasteiger partial charge on any atom is -0.497 e. The van der Waals surface area contributed by atoms with Crippen molar-refractivity contribution in [2.24, 2.45) is 5.92 Å². The molecule has 0 unspecified atom stereocenters. The van der Waals surface area contributed by atoms with Crippen LogP contribution in [0, 0.1) is 5.92 Å². The average molecular weight is 447 g/mol. The Morgan fingerprint density at radius 2 is 1.77 bits per heavy atom. The fourth-order valence-corrected chi connectivity index (χ4v) is 5.31. The van der Waals surface area contributed by atoms with Crippen molar-refractivity contribution in [3.8, 4) is 11.5 Å². The van der Waals surface area contributed by atoms with Gasteiger partial charge in [0.1, 0.15) is 11.5 Å². The molecule has 0 spiro atoms. The van der Waals surface area contributed by atoms with Crippen LogP contribution in [0.5, 0.6) is 11.5 Å². The Labute approximate surface area is 184 Å². The lowest BCUT2D eigenvalue weighted by Gasteiger charge is -2.30. The molecule has 31 heavy (non-hydrogen) atoms. The molecule has 1 heterocycles. The smallest absolute Gasteiger partial charge is 0.227 e. The van der Waals surface area contributed by atoms with E-state index >= 15 is 0 Å². The van der Waals surface area contributed by atoms with Crippen molar-refractivity contribution < 1.29 is 22.7 Å². The zero-order chi connectivity index (χ0) is 22.3. The highest BCUT2D eigenvalue weighted by molar-refractivity contribution is 7.89. The van der Waals surface area contributed by atoms with Crippen molar-refractivity contribution in [1.82, 2.24) is 4.31 Å². The van der Waals surface area contributed by atoms with Gasteiger partial charge in [-0.05, 0) is 43.4 Å². The van der Waals surface area contributed by atoms with Crippen molar-refractivity contribution in [1.29, 1.82) is 0 Å². The summed E-state index contributed by atoms with van der Waals surface area (Å²) < 4.78 is 37.4. The highest BCUT2D eigenvalue weighted by atomic mass is 32.2. The van der Waals surface area contributed by atoms with E-state index in [0.29, 0.717) is 49.5 Å². The molecule has 7 nitrogen and oxygen atoms in total. The molecule has 1 N–H and O–H groups in total. The largest absolute Gasteiger partial charge is 0.497 e. The molecule has 1 aliphatic heterocycles. The number of sulfonamides is 1. The Morgan fingerprint density at radius 3 is 2.42 bits per heavy atom. The normalized spacial score (nSPS) is 15.4. The van der Waals surface area contributed by atoms with E-state index < -0.39 is 10.0 Å². The molecule has 1 fully saturated rings. The topological polar surface area (TPSA) is 84.9 Å². The molecule has 2 aromatic carbocycles. The van der Waals surface area contributed by atoms with E-state index in [1.807, 2.05) is 30.3 Å². The molecule has 1 saturated heterocycles. The zero-order valence-electron chi connectivity index (χ0n) is 18.0. The Morgan fingerprint density at radius 1 is 1.06 bits per heavy atom. The lowest BCUT2D eigenvalue weighted by molar-refractivity contribution is -0.120. The van der Waals surface area contributed by atoms with E-state index in [9.17, 15) is 13.2 Å². The highest BCUT2D eigenvalue weighted by Gasteiger charge is 2.31. The molecule has 168 valence electrons. The summed E-state index contributed by atoms with van der Waals surface area (Å²) in [6.07, 6.45) is 2.32. The standard InChI is InChI=1S/C23H30N2O5S/c1-29-20-10-11-22(30-2)21(17-20)24-23(26)19-12-14-25(15-13-19)31(27,28)16-6-9-18-7-4-3-5-8-18/h3-5,7-8,10-11,17,19H,6,9,12-16H2,1-2H3,(H,24,26). The Kier molecular flexibility index (Phi) is 7.92. The van der Waals surface area contributed by atoms with Gasteiger partial charge in [0.2, 0.25) is 15.9 Å². The SMILES string of the molecule is COc1ccc(OC)c(NC(=O)C2CCN(S(=O)(=O)CCCc3ccccc3)CC2)c1. The van der Waals surface area contributed by atoms with Crippen LogP contribution in [0.4, 0.5) is 5.69 Å². The minimum atomic E-state index is -3.32. The van der Waals surface area contributed by atoms with Crippen molar-refractivity contribution in [3.05, 3.63) is 54.1 Å². The maximum Gasteiger partial charge on any atom is 0.227 e. The summed E-state index contributed by atoms with van der Waals surface area (Å²) in [5.41, 5.74) is 1.68. The van der Waals surface area contributed by atoms with Gasteiger partial charge in [-0.15, -0.1) is 0 Å². The number of aryl methyl sites for hydroxylation is 1. The monoisotopic (exact) mass is 446 g/mol. The molecule has 8 heteroatoms. The summed E-state index contributed by atoms with van der Waals surface area (Å²) in [5.74, 6) is 0.916. The van der Waals surface area contributed by atoms with Crippen LogP contribution >= 0.6 is 0 Å². The third kappa shape index (κ3) is 6.21. The summed E-state index contributed by atoms with van der Waals surface area (Å²) in [4.78, 5) is 12.7. The molecule has 0 aliphatic carbocycles. The quantitative estimate of drug-likeness (QED) is 0.639. The van der Waals surface area contributed by atoms with Gasteiger partial charge in [0.25, 0.3) is 0 Å². The van der Waals surface area contributed by atoms with E-state index in [-0.39, 0.29) is 17.6 Å². The van der Waals surface area contributed by atoms with Crippen molar-refractivity contribution in [3.63, 3.8) is 0 Å². The van der Waals surface area contributed by atoms with Crippen LogP contribution in [0.25, 0.3) is 0 Å². The van der Waals surface area contributed by atoms with E-state index in [2.05, 4.69) is 5.32 Å². The van der Waals surface area contributed by atoms with Gasteiger partial charge in [0.05, 0.1) is 25.7 Å². The lowest BCUT2D eigenvalue weighted by Crippen LogP contribution is -2.42. The number of ether oxygens (including phenoxy) is 2. The molecule has 0 aromatic heterocycles. The van der Waals surface area contributed by atoms with Gasteiger partial charge in [0, 0.05) is 25.1 Å². The second-order valence-corrected chi connectivity index (χ2v) is 9.72. The van der Waals surface area contributed by atoms with Crippen molar-refractivity contribution in [2.75, 3.05) is 38.4 Å².